The van der Waals surface area contributed by atoms with Crippen LogP contribution in [0.1, 0.15) is 37.3 Å². The number of carbonyl (C=O) groups is 1. The second kappa shape index (κ2) is 6.71. The molecule has 1 heterocycles. The van der Waals surface area contributed by atoms with E-state index in [4.69, 9.17) is 0 Å². The summed E-state index contributed by atoms with van der Waals surface area (Å²) < 4.78 is 0. The van der Waals surface area contributed by atoms with Gasteiger partial charge in [0, 0.05) is 12.2 Å². The van der Waals surface area contributed by atoms with Crippen LogP contribution in [-0.2, 0) is 5.60 Å². The summed E-state index contributed by atoms with van der Waals surface area (Å²) in [5.41, 5.74) is 1.76. The van der Waals surface area contributed by atoms with E-state index < -0.39 is 11.7 Å². The molecule has 1 saturated heterocycles. The minimum Gasteiger partial charge on any atom is -0.465 e. The van der Waals surface area contributed by atoms with Gasteiger partial charge in [-0.05, 0) is 54.9 Å². The lowest BCUT2D eigenvalue weighted by Gasteiger charge is -2.33. The maximum atomic E-state index is 11.4. The maximum Gasteiger partial charge on any atom is 0.411 e. The number of benzene rings is 1. The molecule has 21 heavy (non-hydrogen) atoms. The van der Waals surface area contributed by atoms with Gasteiger partial charge in [-0.1, -0.05) is 19.1 Å². The molecule has 0 atom stereocenters. The highest BCUT2D eigenvalue weighted by Gasteiger charge is 2.32. The SMILES string of the molecule is CCCN(C(=O)O)c1ccc(C2(O)CCSCC2)cc1C. The third-order valence-corrected chi connectivity index (χ3v) is 5.01. The van der Waals surface area contributed by atoms with Gasteiger partial charge in [0.15, 0.2) is 0 Å². The second-order valence-corrected chi connectivity index (χ2v) is 6.80. The molecule has 0 radical (unpaired) electrons. The van der Waals surface area contributed by atoms with E-state index in [1.54, 1.807) is 0 Å². The van der Waals surface area contributed by atoms with Gasteiger partial charge in [-0.25, -0.2) is 4.79 Å². The molecule has 0 spiro atoms. The first kappa shape index (κ1) is 16.2. The van der Waals surface area contributed by atoms with E-state index in [-0.39, 0.29) is 0 Å². The van der Waals surface area contributed by atoms with Gasteiger partial charge in [-0.3, -0.25) is 4.90 Å². The number of aliphatic hydroxyl groups is 1. The Labute approximate surface area is 130 Å². The first-order valence-corrected chi connectivity index (χ1v) is 8.55. The van der Waals surface area contributed by atoms with Gasteiger partial charge in [-0.2, -0.15) is 11.8 Å². The van der Waals surface area contributed by atoms with Crippen LogP contribution in [0.2, 0.25) is 0 Å². The molecule has 1 aliphatic rings. The van der Waals surface area contributed by atoms with Crippen molar-refractivity contribution in [2.75, 3.05) is 23.0 Å². The van der Waals surface area contributed by atoms with E-state index in [1.165, 1.54) is 4.90 Å². The molecule has 0 bridgehead atoms. The summed E-state index contributed by atoms with van der Waals surface area (Å²) in [6.07, 6.45) is 1.36. The fourth-order valence-corrected chi connectivity index (χ4v) is 3.96. The lowest BCUT2D eigenvalue weighted by molar-refractivity contribution is 0.0280. The highest BCUT2D eigenvalue weighted by molar-refractivity contribution is 7.99. The Morgan fingerprint density at radius 1 is 1.38 bits per heavy atom. The summed E-state index contributed by atoms with van der Waals surface area (Å²) in [6, 6.07) is 5.65. The highest BCUT2D eigenvalue weighted by atomic mass is 32.2. The minimum atomic E-state index is -0.930. The van der Waals surface area contributed by atoms with Crippen LogP contribution >= 0.6 is 11.8 Å². The van der Waals surface area contributed by atoms with Crippen molar-refractivity contribution in [2.24, 2.45) is 0 Å². The Kier molecular flexibility index (Phi) is 5.17. The Morgan fingerprint density at radius 3 is 2.57 bits per heavy atom. The molecular formula is C16H23NO3S. The van der Waals surface area contributed by atoms with Crippen LogP contribution in [0.15, 0.2) is 18.2 Å². The fraction of sp³-hybridized carbons (Fsp3) is 0.562. The predicted molar refractivity (Wildman–Crippen MR) is 87.3 cm³/mol. The largest absolute Gasteiger partial charge is 0.465 e. The van der Waals surface area contributed by atoms with Gasteiger partial charge >= 0.3 is 6.09 Å². The van der Waals surface area contributed by atoms with E-state index in [0.717, 1.165) is 41.9 Å². The summed E-state index contributed by atoms with van der Waals surface area (Å²) in [5, 5.41) is 20.1. The van der Waals surface area contributed by atoms with E-state index in [1.807, 2.05) is 43.8 Å². The third kappa shape index (κ3) is 3.52. The van der Waals surface area contributed by atoms with Gasteiger partial charge in [0.2, 0.25) is 0 Å². The molecule has 0 saturated carbocycles. The summed E-state index contributed by atoms with van der Waals surface area (Å²) in [7, 11) is 0. The number of thioether (sulfide) groups is 1. The van der Waals surface area contributed by atoms with Crippen molar-refractivity contribution in [3.63, 3.8) is 0 Å². The van der Waals surface area contributed by atoms with Gasteiger partial charge in [-0.15, -0.1) is 0 Å². The Bertz CT molecular complexity index is 512. The van der Waals surface area contributed by atoms with Gasteiger partial charge in [0.05, 0.1) is 5.60 Å². The summed E-state index contributed by atoms with van der Waals surface area (Å²) in [5.74, 6) is 1.93. The second-order valence-electron chi connectivity index (χ2n) is 5.58. The molecule has 1 aromatic rings. The minimum absolute atomic E-state index is 0.483. The zero-order valence-electron chi connectivity index (χ0n) is 12.6. The van der Waals surface area contributed by atoms with E-state index in [0.29, 0.717) is 12.2 Å². The standard InChI is InChI=1S/C16H23NO3S/c1-3-8-17(15(18)19)14-5-4-13(11-12(14)2)16(20)6-9-21-10-7-16/h4-5,11,20H,3,6-10H2,1-2H3,(H,18,19). The van der Waals surface area contributed by atoms with Crippen LogP contribution in [-0.4, -0.2) is 34.4 Å². The average Bonchev–Trinajstić information content (AvgIpc) is 2.45. The van der Waals surface area contributed by atoms with Crippen molar-refractivity contribution in [1.29, 1.82) is 0 Å². The van der Waals surface area contributed by atoms with Gasteiger partial charge < -0.3 is 10.2 Å². The lowest BCUT2D eigenvalue weighted by atomic mass is 9.87. The number of amides is 1. The van der Waals surface area contributed by atoms with Crippen molar-refractivity contribution in [3.8, 4) is 0 Å². The molecule has 116 valence electrons. The number of hydrogen-bond acceptors (Lipinski definition) is 3. The van der Waals surface area contributed by atoms with Crippen molar-refractivity contribution in [2.45, 2.75) is 38.7 Å². The predicted octanol–water partition coefficient (Wildman–Crippen LogP) is 3.60. The molecule has 5 heteroatoms. The molecule has 1 fully saturated rings. The van der Waals surface area contributed by atoms with E-state index >= 15 is 0 Å². The molecule has 4 nitrogen and oxygen atoms in total. The number of rotatable bonds is 4. The molecule has 1 amide bonds. The molecule has 1 aliphatic heterocycles. The number of nitrogens with zero attached hydrogens (tertiary/aromatic N) is 1. The van der Waals surface area contributed by atoms with Crippen LogP contribution in [0.25, 0.3) is 0 Å². The summed E-state index contributed by atoms with van der Waals surface area (Å²) in [4.78, 5) is 12.7. The highest BCUT2D eigenvalue weighted by Crippen LogP contribution is 2.37. The Balaban J connectivity index is 2.30. The summed E-state index contributed by atoms with van der Waals surface area (Å²) in [6.45, 7) is 4.35. The van der Waals surface area contributed by atoms with Crippen molar-refractivity contribution in [1.82, 2.24) is 0 Å². The van der Waals surface area contributed by atoms with Crippen LogP contribution in [0.5, 0.6) is 0 Å². The maximum absolute atomic E-state index is 11.4. The first-order chi connectivity index (χ1) is 9.98. The molecule has 0 aliphatic carbocycles. The van der Waals surface area contributed by atoms with Gasteiger partial charge in [0.1, 0.15) is 0 Å². The monoisotopic (exact) mass is 309 g/mol. The number of aryl methyl sites for hydroxylation is 1. The Hall–Kier alpha value is -1.20. The zero-order valence-corrected chi connectivity index (χ0v) is 13.4. The van der Waals surface area contributed by atoms with Gasteiger partial charge in [0.25, 0.3) is 0 Å². The lowest BCUT2D eigenvalue weighted by Crippen LogP contribution is -2.32. The van der Waals surface area contributed by atoms with Crippen LogP contribution in [0, 0.1) is 6.92 Å². The van der Waals surface area contributed by atoms with Crippen molar-refractivity contribution >= 4 is 23.5 Å². The zero-order chi connectivity index (χ0) is 15.5. The molecule has 1 aromatic carbocycles. The first-order valence-electron chi connectivity index (χ1n) is 7.39. The fourth-order valence-electron chi connectivity index (χ4n) is 2.79. The quantitative estimate of drug-likeness (QED) is 0.892. The van der Waals surface area contributed by atoms with E-state index in [2.05, 4.69) is 0 Å². The topological polar surface area (TPSA) is 60.8 Å². The normalized spacial score (nSPS) is 17.5. The Morgan fingerprint density at radius 2 is 2.05 bits per heavy atom. The third-order valence-electron chi connectivity index (χ3n) is 4.02. The van der Waals surface area contributed by atoms with Crippen LogP contribution < -0.4 is 4.90 Å². The number of carboxylic acid groups (broad SMARTS) is 1. The number of hydrogen-bond donors (Lipinski definition) is 2. The smallest absolute Gasteiger partial charge is 0.411 e. The van der Waals surface area contributed by atoms with Crippen LogP contribution in [0.3, 0.4) is 0 Å². The van der Waals surface area contributed by atoms with Crippen molar-refractivity contribution in [3.05, 3.63) is 29.3 Å². The van der Waals surface area contributed by atoms with Crippen molar-refractivity contribution < 1.29 is 15.0 Å². The molecular weight excluding hydrogens is 286 g/mol. The molecule has 0 unspecified atom stereocenters. The molecule has 2 N–H and O–H groups in total. The number of anilines is 1. The average molecular weight is 309 g/mol. The van der Waals surface area contributed by atoms with Crippen LogP contribution in [0.4, 0.5) is 10.5 Å². The summed E-state index contributed by atoms with van der Waals surface area (Å²) >= 11 is 1.87. The molecule has 2 rings (SSSR count). The van der Waals surface area contributed by atoms with E-state index in [9.17, 15) is 15.0 Å². The molecule has 0 aromatic heterocycles.